The summed E-state index contributed by atoms with van der Waals surface area (Å²) in [6, 6.07) is 0. The maximum absolute atomic E-state index is 13.3. The van der Waals surface area contributed by atoms with Crippen molar-refractivity contribution < 1.29 is 61.9 Å². The summed E-state index contributed by atoms with van der Waals surface area (Å²) in [4.78, 5) is 8.84. The predicted octanol–water partition coefficient (Wildman–Crippen LogP) is 4.46. The Balaban J connectivity index is 6.31. The molecule has 0 aromatic rings. The molecule has 0 radical (unpaired) electrons. The minimum absolute atomic E-state index is 0.0426. The van der Waals surface area contributed by atoms with Crippen molar-refractivity contribution in [1.82, 2.24) is 0 Å². The topological polar surface area (TPSA) is 20.2 Å². The van der Waals surface area contributed by atoms with E-state index in [1.807, 2.05) is 0 Å². The maximum Gasteiger partial charge on any atom is 0.460 e. The molecule has 0 saturated carbocycles. The Hall–Kier alpha value is -0.733. The smallest absolute Gasteiger partial charge is 0.435 e. The molecule has 24 heavy (non-hydrogen) atoms. The molecule has 0 aliphatic rings. The predicted molar refractivity (Wildman–Crippen MR) is 55.4 cm³/mol. The molecule has 0 amide bonds. The Bertz CT molecular complexity index is 455. The van der Waals surface area contributed by atoms with E-state index in [-0.39, 0.29) is 6.92 Å². The first kappa shape index (κ1) is 23.3. The molecule has 0 saturated heterocycles. The van der Waals surface area contributed by atoms with Gasteiger partial charge in [0, 0.05) is 5.54 Å². The third kappa shape index (κ3) is 2.97. The van der Waals surface area contributed by atoms with Crippen molar-refractivity contribution in [2.75, 3.05) is 0 Å². The molecule has 2 atom stereocenters. The van der Waals surface area contributed by atoms with Crippen LogP contribution in [0.2, 0.25) is 12.1 Å². The lowest BCUT2D eigenvalue weighted by atomic mass is 9.93. The quantitative estimate of drug-likeness (QED) is 0.508. The SMILES string of the molecule is CC([SiH](C)O)C(F)(F)C(F)(F)C(F)(F)C(F)(F)C(F)(F)C(F)(F)F. The van der Waals surface area contributed by atoms with E-state index < -0.39 is 50.4 Å². The molecule has 0 spiro atoms. The normalized spacial score (nSPS) is 18.5. The van der Waals surface area contributed by atoms with Crippen molar-refractivity contribution in [3.8, 4) is 0 Å². The molecule has 0 fully saturated rings. The molecule has 2 unspecified atom stereocenters. The molecule has 1 nitrogen and oxygen atoms in total. The van der Waals surface area contributed by atoms with Crippen LogP contribution in [0.5, 0.6) is 0 Å². The van der Waals surface area contributed by atoms with Crippen molar-refractivity contribution >= 4 is 9.04 Å². The standard InChI is InChI=1S/C9H9F13OSi/c1-3(24(2)23)4(10,11)5(12,13)6(14,15)7(16,17)8(18,19)9(20,21)22/h3,23-24H,1-2H3. The second kappa shape index (κ2) is 5.91. The van der Waals surface area contributed by atoms with E-state index in [1.165, 1.54) is 0 Å². The van der Waals surface area contributed by atoms with Crippen LogP contribution in [-0.4, -0.2) is 49.6 Å². The molecular weight excluding hydrogens is 399 g/mol. The first-order chi connectivity index (χ1) is 10.1. The van der Waals surface area contributed by atoms with Crippen molar-refractivity contribution in [2.45, 2.75) is 54.8 Å². The van der Waals surface area contributed by atoms with Crippen LogP contribution in [0.1, 0.15) is 6.92 Å². The fraction of sp³-hybridized carbons (Fsp3) is 1.00. The van der Waals surface area contributed by atoms with Crippen molar-refractivity contribution in [3.05, 3.63) is 0 Å². The first-order valence-corrected chi connectivity index (χ1v) is 8.08. The number of alkyl halides is 13. The lowest BCUT2D eigenvalue weighted by Gasteiger charge is -2.41. The Morgan fingerprint density at radius 2 is 0.917 bits per heavy atom. The maximum atomic E-state index is 13.3. The van der Waals surface area contributed by atoms with E-state index >= 15 is 0 Å². The monoisotopic (exact) mass is 408 g/mol. The average Bonchev–Trinajstić information content (AvgIpc) is 2.35. The third-order valence-corrected chi connectivity index (χ3v) is 5.12. The van der Waals surface area contributed by atoms with Gasteiger partial charge >= 0.3 is 35.8 Å². The van der Waals surface area contributed by atoms with Gasteiger partial charge in [-0.15, -0.1) is 0 Å². The van der Waals surface area contributed by atoms with E-state index in [9.17, 15) is 57.1 Å². The van der Waals surface area contributed by atoms with Crippen LogP contribution in [0.4, 0.5) is 57.1 Å². The minimum atomic E-state index is -7.90. The lowest BCUT2D eigenvalue weighted by Crippen LogP contribution is -2.70. The summed E-state index contributed by atoms with van der Waals surface area (Å²) in [6.45, 7) is 0.538. The molecule has 0 aliphatic heterocycles. The highest BCUT2D eigenvalue weighted by atomic mass is 28.3. The summed E-state index contributed by atoms with van der Waals surface area (Å²) in [5.74, 6) is -36.9. The Morgan fingerprint density at radius 1 is 0.625 bits per heavy atom. The van der Waals surface area contributed by atoms with E-state index in [0.29, 0.717) is 6.55 Å². The zero-order chi connectivity index (χ0) is 20.2. The number of halogens is 13. The highest BCUT2D eigenvalue weighted by molar-refractivity contribution is 6.50. The molecule has 146 valence electrons. The summed E-state index contributed by atoms with van der Waals surface area (Å²) in [6.07, 6.45) is -7.42. The van der Waals surface area contributed by atoms with Crippen LogP contribution in [0.25, 0.3) is 0 Å². The average molecular weight is 408 g/mol. The van der Waals surface area contributed by atoms with E-state index in [4.69, 9.17) is 4.80 Å². The van der Waals surface area contributed by atoms with Crippen LogP contribution >= 0.6 is 0 Å². The van der Waals surface area contributed by atoms with Gasteiger partial charge in [-0.25, -0.2) is 0 Å². The van der Waals surface area contributed by atoms with Crippen molar-refractivity contribution in [2.24, 2.45) is 0 Å². The van der Waals surface area contributed by atoms with Gasteiger partial charge in [-0.2, -0.15) is 57.1 Å². The van der Waals surface area contributed by atoms with Gasteiger partial charge in [-0.05, 0) is 6.55 Å². The fourth-order valence-corrected chi connectivity index (χ4v) is 2.19. The minimum Gasteiger partial charge on any atom is -0.435 e. The second-order valence-corrected chi connectivity index (χ2v) is 7.43. The van der Waals surface area contributed by atoms with Crippen LogP contribution in [0.3, 0.4) is 0 Å². The van der Waals surface area contributed by atoms with Gasteiger partial charge in [-0.1, -0.05) is 6.92 Å². The van der Waals surface area contributed by atoms with Crippen LogP contribution in [0.15, 0.2) is 0 Å². The molecular formula is C9H9F13OSi. The first-order valence-electron chi connectivity index (χ1n) is 5.74. The van der Waals surface area contributed by atoms with E-state index in [0.717, 1.165) is 0 Å². The second-order valence-electron chi connectivity index (χ2n) is 4.95. The molecule has 0 heterocycles. The Morgan fingerprint density at radius 3 is 1.17 bits per heavy atom. The molecule has 0 rings (SSSR count). The molecule has 0 aromatic carbocycles. The summed E-state index contributed by atoms with van der Waals surface area (Å²) < 4.78 is 166. The van der Waals surface area contributed by atoms with Gasteiger partial charge in [0.2, 0.25) is 0 Å². The molecule has 0 aliphatic carbocycles. The lowest BCUT2D eigenvalue weighted by molar-refractivity contribution is -0.440. The largest absolute Gasteiger partial charge is 0.460 e. The van der Waals surface area contributed by atoms with Gasteiger partial charge in [0.25, 0.3) is 0 Å². The Labute approximate surface area is 127 Å². The van der Waals surface area contributed by atoms with Crippen molar-refractivity contribution in [3.63, 3.8) is 0 Å². The number of hydrogen-bond acceptors (Lipinski definition) is 1. The zero-order valence-corrected chi connectivity index (χ0v) is 12.7. The zero-order valence-electron chi connectivity index (χ0n) is 11.5. The van der Waals surface area contributed by atoms with Gasteiger partial charge in [0.1, 0.15) is 0 Å². The van der Waals surface area contributed by atoms with E-state index in [2.05, 4.69) is 0 Å². The summed E-state index contributed by atoms with van der Waals surface area (Å²) in [7, 11) is -3.91. The number of hydrogen-bond donors (Lipinski definition) is 1. The molecule has 15 heteroatoms. The summed E-state index contributed by atoms with van der Waals surface area (Å²) in [5.41, 5.74) is -3.05. The molecule has 0 aromatic heterocycles. The van der Waals surface area contributed by atoms with Gasteiger partial charge in [0.05, 0.1) is 0 Å². The highest BCUT2D eigenvalue weighted by Crippen LogP contribution is 2.61. The third-order valence-electron chi connectivity index (χ3n) is 3.25. The van der Waals surface area contributed by atoms with Crippen LogP contribution < -0.4 is 0 Å². The summed E-state index contributed by atoms with van der Waals surface area (Å²) in [5, 5.41) is 0. The van der Waals surface area contributed by atoms with Crippen LogP contribution in [0, 0.1) is 0 Å². The van der Waals surface area contributed by atoms with Gasteiger partial charge in [-0.3, -0.25) is 0 Å². The van der Waals surface area contributed by atoms with Gasteiger partial charge < -0.3 is 4.80 Å². The molecule has 0 bridgehead atoms. The van der Waals surface area contributed by atoms with Crippen LogP contribution in [-0.2, 0) is 0 Å². The Kier molecular flexibility index (Phi) is 5.73. The molecule has 1 N–H and O–H groups in total. The summed E-state index contributed by atoms with van der Waals surface area (Å²) >= 11 is 0. The van der Waals surface area contributed by atoms with Crippen molar-refractivity contribution in [1.29, 1.82) is 0 Å². The van der Waals surface area contributed by atoms with E-state index in [1.54, 1.807) is 0 Å². The number of rotatable bonds is 6. The van der Waals surface area contributed by atoms with Gasteiger partial charge in [0.15, 0.2) is 9.04 Å². The fourth-order valence-electron chi connectivity index (χ4n) is 1.37. The highest BCUT2D eigenvalue weighted by Gasteiger charge is 2.91.